The van der Waals surface area contributed by atoms with Crippen LogP contribution in [0.4, 0.5) is 0 Å². The molecule has 2 aromatic carbocycles. The number of hydrogen-bond acceptors (Lipinski definition) is 26. The maximum Gasteiger partial charge on any atom is 0.305 e. The molecule has 2 heterocycles. The van der Waals surface area contributed by atoms with Gasteiger partial charge in [-0.05, 0) is 113 Å². The minimum absolute atomic E-state index is 0.0420. The summed E-state index contributed by atoms with van der Waals surface area (Å²) in [6, 6.07) is -3.44. The highest BCUT2D eigenvalue weighted by molar-refractivity contribution is 6.02. The van der Waals surface area contributed by atoms with Gasteiger partial charge in [0.1, 0.15) is 72.5 Å². The van der Waals surface area contributed by atoms with E-state index in [4.69, 9.17) is 50.8 Å². The largest absolute Gasteiger partial charge is 0.481 e. The molecule has 0 bridgehead atoms. The van der Waals surface area contributed by atoms with Crippen LogP contribution >= 0.6 is 0 Å². The predicted octanol–water partition coefficient (Wildman–Crippen LogP) is -11.1. The molecule has 2 fully saturated rings. The van der Waals surface area contributed by atoms with Crippen LogP contribution in [-0.2, 0) is 114 Å². The molecule has 0 saturated carbocycles. The number of benzene rings is 2. The zero-order valence-corrected chi connectivity index (χ0v) is 76.2. The number of nitrogens with two attached hydrogens (primary N) is 6. The second-order valence-electron chi connectivity index (χ2n) is 31.8. The number of carbonyl (C=O) groups is 21. The van der Waals surface area contributed by atoms with Gasteiger partial charge in [-0.2, -0.15) is 0 Å². The van der Waals surface area contributed by atoms with E-state index in [-0.39, 0.29) is 173 Å². The Morgan fingerprint density at radius 2 is 0.734 bits per heavy atom. The van der Waals surface area contributed by atoms with Crippen LogP contribution in [0.15, 0.2) is 75.8 Å². The van der Waals surface area contributed by atoms with Crippen LogP contribution < -0.4 is 141 Å². The van der Waals surface area contributed by atoms with Crippen molar-refractivity contribution in [1.82, 2.24) is 106 Å². The van der Waals surface area contributed by atoms with Gasteiger partial charge < -0.3 is 156 Å². The first-order chi connectivity index (χ1) is 66.1. The topological polar surface area (TPSA) is 937 Å². The molecule has 139 heavy (non-hydrogen) atoms. The number of carbonyl (C=O) groups excluding carboxylic acids is 18. The lowest BCUT2D eigenvalue weighted by Crippen LogP contribution is -2.58. The van der Waals surface area contributed by atoms with E-state index in [1.165, 1.54) is 0 Å². The summed E-state index contributed by atoms with van der Waals surface area (Å²) >= 11 is 0. The van der Waals surface area contributed by atoms with Gasteiger partial charge in [-0.25, -0.2) is 0 Å². The van der Waals surface area contributed by atoms with Gasteiger partial charge in [0, 0.05) is 70.0 Å². The number of aliphatic imine (C=N–C) groups is 2. The van der Waals surface area contributed by atoms with Gasteiger partial charge in [0.2, 0.25) is 106 Å². The van der Waals surface area contributed by atoms with E-state index in [0.717, 1.165) is 0 Å². The highest BCUT2D eigenvalue weighted by atomic mass is 16.4. The first kappa shape index (κ1) is 115. The molecular formula is C82H125N33O24. The molecule has 4 rings (SSSR count). The highest BCUT2D eigenvalue weighted by Crippen LogP contribution is 2.15. The summed E-state index contributed by atoms with van der Waals surface area (Å²) in [6.45, 7) is -4.44. The number of azide groups is 1. The smallest absolute Gasteiger partial charge is 0.305 e. The molecule has 12 atom stereocenters. The molecule has 762 valence electrons. The van der Waals surface area contributed by atoms with Crippen molar-refractivity contribution < 1.29 is 116 Å². The van der Waals surface area contributed by atoms with Crippen LogP contribution in [0.3, 0.4) is 0 Å². The Balaban J connectivity index is 1.71. The Labute approximate surface area is 795 Å². The Morgan fingerprint density at radius 1 is 0.374 bits per heavy atom. The molecule has 2 aliphatic heterocycles. The molecule has 57 heteroatoms. The van der Waals surface area contributed by atoms with Gasteiger partial charge in [-0.1, -0.05) is 65.8 Å². The number of unbranched alkanes of at least 4 members (excludes halogenated alkanes) is 2. The standard InChI is InChI=1S/C82H125N33O24/c83-79(84)94-29-11-22-46(103-58(116)26-15-33-102-115-91)67(128)98-41-61(119)105-55(37-64(122)123)76(137)110-49(25-14-32-97-82(89)90)70(131)99-40-60(118)104-54(71(132)93-28-10-8-21-51-73(134)109-48(24-13-31-96-81(87)88)69(130)101-43-63(121)107-57(39-66(126)127)78(139)114-53(75(136)112-51)35-45-18-5-2-6-19-45)36-59(117)92-27-9-7-20-50-72(133)108-47(23-12-30-95-80(85)86)68(129)100-42-62(120)106-56(38-65(124)125)77(138)113-52(74(135)111-50)34-44-16-3-1-4-17-44/h1-6,16-19,46-57H,7-15,20-43H2,(H,92,117)(H,93,132)(H,98,128)(H,99,131)(H,100,129)(H,101,130)(H,103,116)(H,104,118)(H,105,119)(H,106,120)(H,107,121)(H,108,133)(H,109,134)(H,110,137)(H,111,135)(H,112,136)(H,113,138)(H,114,139)(H,122,123)(H,124,125)(H,126,127)(H4,83,84,94)(H4,85,86,95)(H4,87,88,96)(H4,89,90,97)/t46-,47-,48-,49-,50-,51-,52-,53-,54-,55-,56-,57-/m0/s1. The number of nitrogens with zero attached hydrogens (tertiary/aromatic N) is 5. The van der Waals surface area contributed by atoms with Crippen LogP contribution in [0.25, 0.3) is 10.4 Å². The minimum Gasteiger partial charge on any atom is -0.481 e. The predicted molar refractivity (Wildman–Crippen MR) is 492 cm³/mol. The fourth-order valence-corrected chi connectivity index (χ4v) is 13.6. The first-order valence-electron chi connectivity index (χ1n) is 44.4. The lowest BCUT2D eigenvalue weighted by Gasteiger charge is -2.26. The second kappa shape index (κ2) is 63.0. The van der Waals surface area contributed by atoms with E-state index in [9.17, 15) is 116 Å². The van der Waals surface area contributed by atoms with Crippen molar-refractivity contribution in [2.75, 3.05) is 72.0 Å². The SMILES string of the molecule is [N-]=[N+]=NCCCC(=O)N[C@@H](CCCNC(=N)N)C(=O)NCC(=O)N[C@@H](CC(=O)O)C(=O)N[C@@H](CCCNC(=N)N)C(=O)NCC(=O)N[C@@H](CC(=O)NCCCC[C@@H]1NC(=O)[C@H](Cc2ccccc2)NC(=O)[C@H](CC(=O)O)NC(=O)CNC(=O)[C@H](CCCN=C(N)N)NC1=O)C(=O)NCCCC[C@@H]1NC(=O)[C@H](Cc2ccccc2)NC(=O)[C@H](CC(=O)O)NC(=O)CNC(=O)[C@H](CCCN=C(N)N)NC1=O. The van der Waals surface area contributed by atoms with Crippen LogP contribution in [0.5, 0.6) is 0 Å². The third-order valence-electron chi connectivity index (χ3n) is 20.5. The molecular weight excluding hydrogens is 1830 g/mol. The van der Waals surface area contributed by atoms with Crippen LogP contribution in [0.1, 0.15) is 140 Å². The first-order valence-corrected chi connectivity index (χ1v) is 44.4. The van der Waals surface area contributed by atoms with Crippen molar-refractivity contribution in [2.45, 2.75) is 214 Å². The van der Waals surface area contributed by atoms with Crippen LogP contribution in [-0.4, -0.2) is 308 Å². The molecule has 0 spiro atoms. The van der Waals surface area contributed by atoms with Crippen molar-refractivity contribution in [3.63, 3.8) is 0 Å². The lowest BCUT2D eigenvalue weighted by molar-refractivity contribution is -0.141. The van der Waals surface area contributed by atoms with Gasteiger partial charge in [0.25, 0.3) is 0 Å². The summed E-state index contributed by atoms with van der Waals surface area (Å²) < 4.78 is 0. The molecule has 2 aliphatic rings. The lowest BCUT2D eigenvalue weighted by atomic mass is 10.0. The fourth-order valence-electron chi connectivity index (χ4n) is 13.6. The maximum atomic E-state index is 14.6. The quantitative estimate of drug-likeness (QED) is 0.00730. The molecule has 18 amide bonds. The third-order valence-corrected chi connectivity index (χ3v) is 20.5. The number of carboxylic acids is 3. The van der Waals surface area contributed by atoms with Gasteiger partial charge in [-0.15, -0.1) is 0 Å². The van der Waals surface area contributed by atoms with Crippen molar-refractivity contribution in [3.05, 3.63) is 82.2 Å². The molecule has 0 radical (unpaired) electrons. The summed E-state index contributed by atoms with van der Waals surface area (Å²) in [5, 5.41) is 96.3. The third kappa shape index (κ3) is 48.5. The number of nitrogens with one attached hydrogen (secondary N) is 22. The number of carboxylic acid groups (broad SMARTS) is 3. The fraction of sp³-hybridized carbons (Fsp3) is 0.549. The minimum atomic E-state index is -1.99. The van der Waals surface area contributed by atoms with E-state index < -0.39 is 261 Å². The van der Waals surface area contributed by atoms with Gasteiger partial charge in [0.05, 0.1) is 51.9 Å². The normalized spacial score (nSPS) is 18.6. The zero-order valence-electron chi connectivity index (χ0n) is 76.2. The maximum absolute atomic E-state index is 14.6. The van der Waals surface area contributed by atoms with Crippen molar-refractivity contribution in [3.8, 4) is 0 Å². The summed E-state index contributed by atoms with van der Waals surface area (Å²) in [7, 11) is 0. The summed E-state index contributed by atoms with van der Waals surface area (Å²) in [6.07, 6.45) is -6.07. The second-order valence-corrected chi connectivity index (χ2v) is 31.8. The van der Waals surface area contributed by atoms with E-state index in [1.807, 2.05) is 0 Å². The average Bonchev–Trinajstić information content (AvgIpc) is 1.33. The Hall–Kier alpha value is -16.3. The van der Waals surface area contributed by atoms with Crippen LogP contribution in [0, 0.1) is 10.8 Å². The van der Waals surface area contributed by atoms with Crippen molar-refractivity contribution in [1.29, 1.82) is 10.8 Å². The van der Waals surface area contributed by atoms with E-state index in [1.54, 1.807) is 60.7 Å². The summed E-state index contributed by atoms with van der Waals surface area (Å²) in [5.74, 6) is -24.8. The average molecular weight is 1960 g/mol. The molecule has 2 saturated heterocycles. The van der Waals surface area contributed by atoms with E-state index >= 15 is 0 Å². The number of amides is 18. The zero-order chi connectivity index (χ0) is 103. The number of aliphatic carboxylic acids is 3. The van der Waals surface area contributed by atoms with Crippen molar-refractivity contribution >= 4 is 148 Å². The Kier molecular flexibility index (Phi) is 52.2. The summed E-state index contributed by atoms with van der Waals surface area (Å²) in [5.41, 5.74) is 42.4. The van der Waals surface area contributed by atoms with Crippen molar-refractivity contribution in [2.24, 2.45) is 49.5 Å². The van der Waals surface area contributed by atoms with Gasteiger partial charge in [0.15, 0.2) is 23.8 Å². The molecule has 57 nitrogen and oxygen atoms in total. The molecule has 2 aromatic rings. The molecule has 37 N–H and O–H groups in total. The molecule has 0 unspecified atom stereocenters. The van der Waals surface area contributed by atoms with E-state index in [2.05, 4.69) is 126 Å². The monoisotopic (exact) mass is 1960 g/mol. The van der Waals surface area contributed by atoms with Gasteiger partial charge >= 0.3 is 17.9 Å². The van der Waals surface area contributed by atoms with Crippen LogP contribution in [0.2, 0.25) is 0 Å². The Morgan fingerprint density at radius 3 is 1.14 bits per heavy atom. The highest BCUT2D eigenvalue weighted by Gasteiger charge is 2.38. The molecule has 0 aromatic heterocycles. The number of rotatable bonds is 54. The number of guanidine groups is 4. The summed E-state index contributed by atoms with van der Waals surface area (Å²) in [4.78, 5) is 298. The van der Waals surface area contributed by atoms with E-state index in [0.29, 0.717) is 11.1 Å². The van der Waals surface area contributed by atoms with Gasteiger partial charge in [-0.3, -0.25) is 121 Å². The molecule has 0 aliphatic carbocycles. The number of hydrogen-bond donors (Lipinski definition) is 31. The Bertz CT molecular complexity index is 4730.